The SMILES string of the molecule is COc1ccc(CNC(=O)NC(C)c2ccc(C#N)cc2)cc1OC. The first-order valence-electron chi connectivity index (χ1n) is 7.82. The smallest absolute Gasteiger partial charge is 0.315 e. The zero-order valence-corrected chi connectivity index (χ0v) is 14.5. The van der Waals surface area contributed by atoms with E-state index in [-0.39, 0.29) is 12.1 Å². The fraction of sp³-hybridized carbons (Fsp3) is 0.263. The van der Waals surface area contributed by atoms with Crippen LogP contribution in [0.3, 0.4) is 0 Å². The summed E-state index contributed by atoms with van der Waals surface area (Å²) in [4.78, 5) is 12.1. The molecule has 130 valence electrons. The van der Waals surface area contributed by atoms with Crippen molar-refractivity contribution < 1.29 is 14.3 Å². The van der Waals surface area contributed by atoms with Crippen LogP contribution in [0.4, 0.5) is 4.79 Å². The van der Waals surface area contributed by atoms with Crippen molar-refractivity contribution >= 4 is 6.03 Å². The summed E-state index contributed by atoms with van der Waals surface area (Å²) < 4.78 is 10.4. The van der Waals surface area contributed by atoms with Crippen LogP contribution >= 0.6 is 0 Å². The molecule has 0 radical (unpaired) electrons. The van der Waals surface area contributed by atoms with Gasteiger partial charge < -0.3 is 20.1 Å². The van der Waals surface area contributed by atoms with E-state index in [1.165, 1.54) is 0 Å². The van der Waals surface area contributed by atoms with Crippen molar-refractivity contribution in [3.63, 3.8) is 0 Å². The topological polar surface area (TPSA) is 83.4 Å². The zero-order chi connectivity index (χ0) is 18.2. The number of amides is 2. The lowest BCUT2D eigenvalue weighted by molar-refractivity contribution is 0.237. The van der Waals surface area contributed by atoms with Gasteiger partial charge in [-0.2, -0.15) is 5.26 Å². The molecule has 0 spiro atoms. The van der Waals surface area contributed by atoms with Crippen LogP contribution in [0.25, 0.3) is 0 Å². The summed E-state index contributed by atoms with van der Waals surface area (Å²) in [7, 11) is 3.15. The third-order valence-corrected chi connectivity index (χ3v) is 3.79. The number of carbonyl (C=O) groups excluding carboxylic acids is 1. The van der Waals surface area contributed by atoms with Gasteiger partial charge in [0.1, 0.15) is 0 Å². The van der Waals surface area contributed by atoms with Gasteiger partial charge in [-0.1, -0.05) is 18.2 Å². The first-order chi connectivity index (χ1) is 12.1. The highest BCUT2D eigenvalue weighted by molar-refractivity contribution is 5.74. The second-order valence-electron chi connectivity index (χ2n) is 5.47. The molecule has 0 aliphatic carbocycles. The normalized spacial score (nSPS) is 11.1. The summed E-state index contributed by atoms with van der Waals surface area (Å²) in [5.74, 6) is 1.26. The van der Waals surface area contributed by atoms with Crippen molar-refractivity contribution in [3.8, 4) is 17.6 Å². The first kappa shape index (κ1) is 18.1. The summed E-state index contributed by atoms with van der Waals surface area (Å²) in [6, 6.07) is 14.2. The fourth-order valence-electron chi connectivity index (χ4n) is 2.35. The van der Waals surface area contributed by atoms with Crippen LogP contribution in [0.15, 0.2) is 42.5 Å². The zero-order valence-electron chi connectivity index (χ0n) is 14.5. The van der Waals surface area contributed by atoms with E-state index in [1.807, 2.05) is 31.2 Å². The number of rotatable bonds is 6. The van der Waals surface area contributed by atoms with Gasteiger partial charge in [0.15, 0.2) is 11.5 Å². The number of benzene rings is 2. The molecule has 0 aliphatic rings. The molecule has 2 rings (SSSR count). The van der Waals surface area contributed by atoms with Crippen LogP contribution in [0, 0.1) is 11.3 Å². The molecular weight excluding hydrogens is 318 g/mol. The number of nitriles is 1. The number of urea groups is 1. The van der Waals surface area contributed by atoms with Gasteiger partial charge in [-0.05, 0) is 42.3 Å². The highest BCUT2D eigenvalue weighted by Crippen LogP contribution is 2.27. The average molecular weight is 339 g/mol. The first-order valence-corrected chi connectivity index (χ1v) is 7.82. The van der Waals surface area contributed by atoms with Gasteiger partial charge in [-0.25, -0.2) is 4.79 Å². The molecule has 2 amide bonds. The van der Waals surface area contributed by atoms with E-state index in [9.17, 15) is 4.79 Å². The molecular formula is C19H21N3O3. The molecule has 0 saturated heterocycles. The maximum Gasteiger partial charge on any atom is 0.315 e. The Bertz CT molecular complexity index is 766. The maximum absolute atomic E-state index is 12.1. The predicted molar refractivity (Wildman–Crippen MR) is 94.5 cm³/mol. The van der Waals surface area contributed by atoms with Crippen LogP contribution in [0.5, 0.6) is 11.5 Å². The van der Waals surface area contributed by atoms with Crippen molar-refractivity contribution in [1.29, 1.82) is 5.26 Å². The van der Waals surface area contributed by atoms with E-state index < -0.39 is 0 Å². The Labute approximate surface area is 147 Å². The molecule has 2 aromatic carbocycles. The lowest BCUT2D eigenvalue weighted by Crippen LogP contribution is -2.36. The molecule has 6 heteroatoms. The lowest BCUT2D eigenvalue weighted by atomic mass is 10.1. The average Bonchev–Trinajstić information content (AvgIpc) is 2.66. The number of hydrogen-bond acceptors (Lipinski definition) is 4. The molecule has 0 bridgehead atoms. The van der Waals surface area contributed by atoms with Crippen LogP contribution in [-0.2, 0) is 6.54 Å². The van der Waals surface area contributed by atoms with Gasteiger partial charge >= 0.3 is 6.03 Å². The van der Waals surface area contributed by atoms with E-state index in [4.69, 9.17) is 14.7 Å². The molecule has 0 aliphatic heterocycles. The van der Waals surface area contributed by atoms with Gasteiger partial charge in [-0.3, -0.25) is 0 Å². The van der Waals surface area contributed by atoms with E-state index in [1.54, 1.807) is 32.4 Å². The third-order valence-electron chi connectivity index (χ3n) is 3.79. The van der Waals surface area contributed by atoms with Crippen molar-refractivity contribution in [1.82, 2.24) is 10.6 Å². The number of nitrogens with one attached hydrogen (secondary N) is 2. The Hall–Kier alpha value is -3.20. The molecule has 0 fully saturated rings. The molecule has 2 N–H and O–H groups in total. The van der Waals surface area contributed by atoms with Gasteiger partial charge in [-0.15, -0.1) is 0 Å². The Morgan fingerprint density at radius 3 is 2.40 bits per heavy atom. The van der Waals surface area contributed by atoms with Gasteiger partial charge in [0.05, 0.1) is 31.9 Å². The maximum atomic E-state index is 12.1. The van der Waals surface area contributed by atoms with Crippen LogP contribution in [-0.4, -0.2) is 20.3 Å². The molecule has 0 heterocycles. The van der Waals surface area contributed by atoms with Crippen LogP contribution < -0.4 is 20.1 Å². The summed E-state index contributed by atoms with van der Waals surface area (Å²) in [5, 5.41) is 14.5. The van der Waals surface area contributed by atoms with Gasteiger partial charge in [0.25, 0.3) is 0 Å². The van der Waals surface area contributed by atoms with E-state index in [0.717, 1.165) is 11.1 Å². The molecule has 0 aromatic heterocycles. The van der Waals surface area contributed by atoms with Crippen LogP contribution in [0.2, 0.25) is 0 Å². The minimum absolute atomic E-state index is 0.168. The predicted octanol–water partition coefficient (Wildman–Crippen LogP) is 3.14. The summed E-state index contributed by atoms with van der Waals surface area (Å²) >= 11 is 0. The van der Waals surface area contributed by atoms with E-state index in [0.29, 0.717) is 23.6 Å². The molecule has 0 saturated carbocycles. The number of methoxy groups -OCH3 is 2. The van der Waals surface area contributed by atoms with E-state index in [2.05, 4.69) is 16.7 Å². The van der Waals surface area contributed by atoms with E-state index >= 15 is 0 Å². The monoisotopic (exact) mass is 339 g/mol. The lowest BCUT2D eigenvalue weighted by Gasteiger charge is -2.15. The minimum Gasteiger partial charge on any atom is -0.493 e. The molecule has 2 aromatic rings. The molecule has 1 atom stereocenters. The Kier molecular flexibility index (Phi) is 6.24. The summed E-state index contributed by atoms with van der Waals surface area (Å²) in [6.45, 7) is 2.25. The van der Waals surface area contributed by atoms with Crippen molar-refractivity contribution in [2.24, 2.45) is 0 Å². The van der Waals surface area contributed by atoms with Crippen molar-refractivity contribution in [3.05, 3.63) is 59.2 Å². The number of hydrogen-bond donors (Lipinski definition) is 2. The quantitative estimate of drug-likeness (QED) is 0.847. The number of carbonyl (C=O) groups is 1. The van der Waals surface area contributed by atoms with Gasteiger partial charge in [0, 0.05) is 6.54 Å². The Morgan fingerprint density at radius 2 is 1.80 bits per heavy atom. The fourth-order valence-corrected chi connectivity index (χ4v) is 2.35. The highest BCUT2D eigenvalue weighted by atomic mass is 16.5. The Balaban J connectivity index is 1.90. The summed E-state index contributed by atoms with van der Waals surface area (Å²) in [5.41, 5.74) is 2.42. The molecule has 6 nitrogen and oxygen atoms in total. The standard InChI is InChI=1S/C19H21N3O3/c1-13(16-7-4-14(11-20)5-8-16)22-19(23)21-12-15-6-9-17(24-2)18(10-15)25-3/h4-10,13H,12H2,1-3H3,(H2,21,22,23). The summed E-state index contributed by atoms with van der Waals surface area (Å²) in [6.07, 6.45) is 0. The Morgan fingerprint density at radius 1 is 1.12 bits per heavy atom. The minimum atomic E-state index is -0.272. The molecule has 25 heavy (non-hydrogen) atoms. The van der Waals surface area contributed by atoms with Crippen molar-refractivity contribution in [2.45, 2.75) is 19.5 Å². The van der Waals surface area contributed by atoms with Crippen LogP contribution in [0.1, 0.15) is 29.7 Å². The second kappa shape index (κ2) is 8.60. The van der Waals surface area contributed by atoms with Gasteiger partial charge in [0.2, 0.25) is 0 Å². The second-order valence-corrected chi connectivity index (χ2v) is 5.47. The molecule has 1 unspecified atom stereocenters. The third kappa shape index (κ3) is 4.88. The number of nitrogens with zero attached hydrogens (tertiary/aromatic N) is 1. The number of ether oxygens (including phenoxy) is 2. The largest absolute Gasteiger partial charge is 0.493 e. The highest BCUT2D eigenvalue weighted by Gasteiger charge is 2.10. The van der Waals surface area contributed by atoms with Crippen molar-refractivity contribution in [2.75, 3.05) is 14.2 Å².